The number of aromatic nitrogens is 2. The number of nitrogens with zero attached hydrogens (tertiary/aromatic N) is 1. The van der Waals surface area contributed by atoms with E-state index in [9.17, 15) is 14.7 Å². The van der Waals surface area contributed by atoms with Crippen LogP contribution in [-0.4, -0.2) is 45.4 Å². The molecule has 116 valence electrons. The van der Waals surface area contributed by atoms with Crippen molar-refractivity contribution in [1.82, 2.24) is 9.55 Å². The van der Waals surface area contributed by atoms with Gasteiger partial charge in [0.2, 0.25) is 0 Å². The van der Waals surface area contributed by atoms with Crippen LogP contribution in [0.25, 0.3) is 0 Å². The molecular formula is C12H15IN2O6. The molecular weight excluding hydrogens is 395 g/mol. The van der Waals surface area contributed by atoms with E-state index in [0.29, 0.717) is 3.57 Å². The number of aromatic amines is 1. The van der Waals surface area contributed by atoms with E-state index < -0.39 is 41.6 Å². The van der Waals surface area contributed by atoms with Crippen LogP contribution in [0.15, 0.2) is 15.8 Å². The fraction of sp³-hybridized carbons (Fsp3) is 0.667. The third-order valence-electron chi connectivity index (χ3n) is 3.50. The van der Waals surface area contributed by atoms with Gasteiger partial charge in [-0.25, -0.2) is 4.79 Å². The highest BCUT2D eigenvalue weighted by Crippen LogP contribution is 2.42. The van der Waals surface area contributed by atoms with Crippen LogP contribution in [0.5, 0.6) is 0 Å². The van der Waals surface area contributed by atoms with Crippen LogP contribution < -0.4 is 11.2 Å². The van der Waals surface area contributed by atoms with Crippen LogP contribution in [0.1, 0.15) is 20.1 Å². The van der Waals surface area contributed by atoms with E-state index in [1.54, 1.807) is 13.8 Å². The molecule has 0 saturated carbocycles. The Hall–Kier alpha value is -0.750. The second-order valence-corrected chi connectivity index (χ2v) is 6.62. The summed E-state index contributed by atoms with van der Waals surface area (Å²) in [7, 11) is 0. The van der Waals surface area contributed by atoms with Crippen molar-refractivity contribution < 1.29 is 19.3 Å². The molecule has 3 rings (SSSR count). The van der Waals surface area contributed by atoms with E-state index in [1.165, 1.54) is 10.8 Å². The van der Waals surface area contributed by atoms with Crippen molar-refractivity contribution in [3.63, 3.8) is 0 Å². The molecule has 2 saturated heterocycles. The first-order chi connectivity index (χ1) is 9.82. The number of hydrogen-bond donors (Lipinski definition) is 2. The van der Waals surface area contributed by atoms with Crippen molar-refractivity contribution in [2.45, 2.75) is 44.2 Å². The molecule has 2 fully saturated rings. The molecule has 0 aromatic carbocycles. The summed E-state index contributed by atoms with van der Waals surface area (Å²) < 4.78 is 18.8. The maximum absolute atomic E-state index is 12.0. The number of aliphatic hydroxyl groups is 1. The van der Waals surface area contributed by atoms with Crippen molar-refractivity contribution in [2.24, 2.45) is 0 Å². The molecule has 1 aromatic rings. The molecule has 9 heteroatoms. The minimum Gasteiger partial charge on any atom is -0.394 e. The predicted molar refractivity (Wildman–Crippen MR) is 78.9 cm³/mol. The highest BCUT2D eigenvalue weighted by molar-refractivity contribution is 14.1. The number of ether oxygens (including phenoxy) is 3. The maximum atomic E-state index is 12.0. The van der Waals surface area contributed by atoms with Gasteiger partial charge in [-0.15, -0.1) is 0 Å². The molecule has 1 unspecified atom stereocenters. The van der Waals surface area contributed by atoms with Crippen molar-refractivity contribution in [2.75, 3.05) is 6.61 Å². The van der Waals surface area contributed by atoms with Gasteiger partial charge in [0.15, 0.2) is 12.0 Å². The highest BCUT2D eigenvalue weighted by atomic mass is 127. The SMILES string of the molecule is CC1(C)OC2[C@@H](CO)O[C@@H](n3cc(I)c(=O)[nH]c3=O)[C@H]2O1. The summed E-state index contributed by atoms with van der Waals surface area (Å²) in [5.74, 6) is -0.816. The zero-order valence-electron chi connectivity index (χ0n) is 11.4. The fourth-order valence-electron chi connectivity index (χ4n) is 2.68. The zero-order valence-corrected chi connectivity index (χ0v) is 13.6. The Morgan fingerprint density at radius 2 is 2.05 bits per heavy atom. The van der Waals surface area contributed by atoms with Gasteiger partial charge in [0.1, 0.15) is 18.3 Å². The number of nitrogens with one attached hydrogen (secondary N) is 1. The van der Waals surface area contributed by atoms with Crippen molar-refractivity contribution in [1.29, 1.82) is 0 Å². The predicted octanol–water partition coefficient (Wildman–Crippen LogP) is -0.449. The van der Waals surface area contributed by atoms with E-state index in [4.69, 9.17) is 14.2 Å². The summed E-state index contributed by atoms with van der Waals surface area (Å²) in [5.41, 5.74) is -1.04. The van der Waals surface area contributed by atoms with Gasteiger partial charge >= 0.3 is 5.69 Å². The van der Waals surface area contributed by atoms with E-state index in [2.05, 4.69) is 4.98 Å². The Labute approximate surface area is 133 Å². The number of rotatable bonds is 2. The first-order valence-corrected chi connectivity index (χ1v) is 7.53. The average molecular weight is 410 g/mol. The van der Waals surface area contributed by atoms with Gasteiger partial charge in [-0.1, -0.05) is 0 Å². The smallest absolute Gasteiger partial charge is 0.330 e. The van der Waals surface area contributed by atoms with E-state index in [1.807, 2.05) is 22.6 Å². The monoisotopic (exact) mass is 410 g/mol. The number of halogens is 1. The quantitative estimate of drug-likeness (QED) is 0.641. The Kier molecular flexibility index (Phi) is 3.72. The second-order valence-electron chi connectivity index (χ2n) is 5.46. The summed E-state index contributed by atoms with van der Waals surface area (Å²) in [6.07, 6.45) is -0.925. The fourth-order valence-corrected chi connectivity index (χ4v) is 3.11. The van der Waals surface area contributed by atoms with Crippen molar-refractivity contribution in [3.05, 3.63) is 30.6 Å². The molecule has 21 heavy (non-hydrogen) atoms. The Balaban J connectivity index is 2.01. The summed E-state index contributed by atoms with van der Waals surface area (Å²) >= 11 is 1.83. The number of H-pyrrole nitrogens is 1. The Bertz CT molecular complexity index is 668. The van der Waals surface area contributed by atoms with Crippen LogP contribution in [0.2, 0.25) is 0 Å². The van der Waals surface area contributed by atoms with Crippen LogP contribution in [0, 0.1) is 3.57 Å². The van der Waals surface area contributed by atoms with Gasteiger partial charge in [0, 0.05) is 6.20 Å². The average Bonchev–Trinajstić information content (AvgIpc) is 2.87. The number of aliphatic hydroxyl groups excluding tert-OH is 1. The number of fused-ring (bicyclic) bond motifs is 1. The van der Waals surface area contributed by atoms with Crippen LogP contribution >= 0.6 is 22.6 Å². The van der Waals surface area contributed by atoms with Gasteiger partial charge in [-0.3, -0.25) is 14.3 Å². The molecule has 3 heterocycles. The molecule has 8 nitrogen and oxygen atoms in total. The minimum absolute atomic E-state index is 0.244. The van der Waals surface area contributed by atoms with E-state index >= 15 is 0 Å². The third-order valence-corrected chi connectivity index (χ3v) is 4.27. The van der Waals surface area contributed by atoms with Gasteiger partial charge in [0.25, 0.3) is 5.56 Å². The molecule has 1 aromatic heterocycles. The minimum atomic E-state index is -0.816. The third kappa shape index (κ3) is 2.57. The van der Waals surface area contributed by atoms with Gasteiger partial charge in [0.05, 0.1) is 10.2 Å². The molecule has 0 spiro atoms. The first-order valence-electron chi connectivity index (χ1n) is 6.45. The summed E-state index contributed by atoms with van der Waals surface area (Å²) in [5, 5.41) is 9.41. The molecule has 0 radical (unpaired) electrons. The Morgan fingerprint density at radius 1 is 1.38 bits per heavy atom. The lowest BCUT2D eigenvalue weighted by Crippen LogP contribution is -2.38. The molecule has 0 amide bonds. The van der Waals surface area contributed by atoms with Crippen molar-refractivity contribution >= 4 is 22.6 Å². The van der Waals surface area contributed by atoms with Crippen LogP contribution in [-0.2, 0) is 14.2 Å². The lowest BCUT2D eigenvalue weighted by molar-refractivity contribution is -0.200. The lowest BCUT2D eigenvalue weighted by Gasteiger charge is -2.24. The summed E-state index contributed by atoms with van der Waals surface area (Å²) in [6, 6.07) is 0. The topological polar surface area (TPSA) is 103 Å². The summed E-state index contributed by atoms with van der Waals surface area (Å²) in [4.78, 5) is 25.7. The van der Waals surface area contributed by atoms with Crippen LogP contribution in [0.3, 0.4) is 0 Å². The highest BCUT2D eigenvalue weighted by Gasteiger charge is 2.55. The molecule has 0 aliphatic carbocycles. The van der Waals surface area contributed by atoms with Crippen LogP contribution in [0.4, 0.5) is 0 Å². The molecule has 0 bridgehead atoms. The largest absolute Gasteiger partial charge is 0.394 e. The zero-order chi connectivity index (χ0) is 15.4. The molecule has 2 N–H and O–H groups in total. The van der Waals surface area contributed by atoms with Gasteiger partial charge in [-0.2, -0.15) is 0 Å². The normalized spacial score (nSPS) is 34.1. The van der Waals surface area contributed by atoms with E-state index in [0.717, 1.165) is 0 Å². The number of hydrogen-bond acceptors (Lipinski definition) is 6. The standard InChI is InChI=1S/C12H15IN2O6/c1-12(2)20-7-6(4-16)19-10(8(7)21-12)15-3-5(13)9(17)14-11(15)18/h3,6-8,10,16H,4H2,1-2H3,(H,14,17,18)/t6-,7?,8+,10-/m1/s1. The first kappa shape index (κ1) is 15.2. The van der Waals surface area contributed by atoms with Crippen molar-refractivity contribution in [3.8, 4) is 0 Å². The second kappa shape index (κ2) is 5.16. The molecule has 2 aliphatic rings. The van der Waals surface area contributed by atoms with Gasteiger partial charge in [-0.05, 0) is 36.4 Å². The summed E-state index contributed by atoms with van der Waals surface area (Å²) in [6.45, 7) is 3.28. The molecule has 4 atom stereocenters. The Morgan fingerprint density at radius 3 is 2.71 bits per heavy atom. The van der Waals surface area contributed by atoms with Gasteiger partial charge < -0.3 is 19.3 Å². The lowest BCUT2D eigenvalue weighted by atomic mass is 10.1. The van der Waals surface area contributed by atoms with E-state index in [-0.39, 0.29) is 6.61 Å². The molecule has 2 aliphatic heterocycles. The maximum Gasteiger partial charge on any atom is 0.330 e.